The van der Waals surface area contributed by atoms with Crippen LogP contribution in [0, 0.1) is 6.92 Å². The third-order valence-corrected chi connectivity index (χ3v) is 3.02. The van der Waals surface area contributed by atoms with E-state index in [4.69, 9.17) is 0 Å². The number of halogens is 1. The number of hydrogen-bond donors (Lipinski definition) is 0. The molecule has 0 amide bonds. The highest BCUT2D eigenvalue weighted by atomic mass is 127. The largest absolute Gasteiger partial charge is 0.244 e. The van der Waals surface area contributed by atoms with Crippen molar-refractivity contribution in [2.75, 3.05) is 3.76 Å². The second-order valence-electron chi connectivity index (χ2n) is 1.75. The summed E-state index contributed by atoms with van der Waals surface area (Å²) in [6.07, 6.45) is 0. The zero-order valence-electron chi connectivity index (χ0n) is 5.50. The Kier molecular flexibility index (Phi) is 3.47. The van der Waals surface area contributed by atoms with Crippen LogP contribution in [0.4, 0.5) is 0 Å². The van der Waals surface area contributed by atoms with Gasteiger partial charge < -0.3 is 0 Å². The minimum Gasteiger partial charge on any atom is -0.244 e. The first kappa shape index (κ1) is 8.32. The molecule has 0 aliphatic rings. The lowest BCUT2D eigenvalue weighted by Crippen LogP contribution is -1.83. The molecule has 10 heavy (non-hydrogen) atoms. The van der Waals surface area contributed by atoms with Crippen LogP contribution in [0.3, 0.4) is 0 Å². The Morgan fingerprint density at radius 1 is 1.60 bits per heavy atom. The highest BCUT2D eigenvalue weighted by molar-refractivity contribution is 14.1. The molecule has 0 fully saturated rings. The van der Waals surface area contributed by atoms with Crippen LogP contribution in [0.5, 0.6) is 0 Å². The van der Waals surface area contributed by atoms with Crippen LogP contribution in [0.1, 0.15) is 11.4 Å². The summed E-state index contributed by atoms with van der Waals surface area (Å²) in [4.78, 5) is 0. The molecule has 3 nitrogen and oxygen atoms in total. The van der Waals surface area contributed by atoms with Crippen LogP contribution in [0.2, 0.25) is 0 Å². The molecule has 0 atom stereocenters. The van der Waals surface area contributed by atoms with Crippen molar-refractivity contribution in [3.63, 3.8) is 0 Å². The Hall–Kier alpha value is 0.220. The van der Waals surface area contributed by atoms with Gasteiger partial charge in [-0.15, -0.1) is 11.8 Å². The Bertz CT molecular complexity index is 203. The minimum absolute atomic E-state index is 0.900. The first-order valence-electron chi connectivity index (χ1n) is 2.76. The van der Waals surface area contributed by atoms with E-state index in [0.717, 1.165) is 20.9 Å². The molecule has 0 saturated heterocycles. The van der Waals surface area contributed by atoms with E-state index in [1.54, 1.807) is 11.8 Å². The van der Waals surface area contributed by atoms with Crippen LogP contribution in [0.25, 0.3) is 0 Å². The molecule has 56 valence electrons. The number of alkyl halides is 1. The van der Waals surface area contributed by atoms with Gasteiger partial charge >= 0.3 is 0 Å². The third kappa shape index (κ3) is 2.12. The van der Waals surface area contributed by atoms with E-state index in [1.165, 1.54) is 0 Å². The Labute approximate surface area is 77.0 Å². The molecule has 0 aromatic carbocycles. The maximum atomic E-state index is 4.53. The predicted octanol–water partition coefficient (Wildman–Crippen LogP) is 2.00. The molecule has 0 radical (unpaired) electrons. The van der Waals surface area contributed by atoms with E-state index in [9.17, 15) is 0 Å². The van der Waals surface area contributed by atoms with Crippen LogP contribution in [-0.4, -0.2) is 14.1 Å². The molecule has 5 heteroatoms. The van der Waals surface area contributed by atoms with Crippen molar-refractivity contribution in [2.45, 2.75) is 12.7 Å². The number of aryl methyl sites for hydroxylation is 1. The summed E-state index contributed by atoms with van der Waals surface area (Å²) in [6, 6.07) is 0. The fourth-order valence-electron chi connectivity index (χ4n) is 0.516. The fraction of sp³-hybridized carbons (Fsp3) is 0.600. The summed E-state index contributed by atoms with van der Waals surface area (Å²) in [5, 5.41) is 7.41. The molecule has 0 spiro atoms. The second-order valence-corrected chi connectivity index (χ2v) is 4.54. The van der Waals surface area contributed by atoms with Gasteiger partial charge in [0.05, 0.1) is 0 Å². The lowest BCUT2D eigenvalue weighted by Gasteiger charge is -1.89. The van der Waals surface area contributed by atoms with Crippen LogP contribution >= 0.6 is 34.4 Å². The van der Waals surface area contributed by atoms with E-state index < -0.39 is 0 Å². The summed E-state index contributed by atoms with van der Waals surface area (Å²) in [6.45, 7) is 1.90. The molecule has 1 rings (SSSR count). The quantitative estimate of drug-likeness (QED) is 0.622. The number of nitrogens with zero attached hydrogens (tertiary/aromatic N) is 2. The van der Waals surface area contributed by atoms with Crippen LogP contribution < -0.4 is 0 Å². The van der Waals surface area contributed by atoms with Gasteiger partial charge in [0.1, 0.15) is 11.4 Å². The molecule has 1 aromatic rings. The zero-order chi connectivity index (χ0) is 7.40. The average Bonchev–Trinajstić information content (AvgIpc) is 2.31. The number of aromatic nitrogens is 2. The fourth-order valence-corrected chi connectivity index (χ4v) is 1.71. The maximum Gasteiger partial charge on any atom is 0.117 e. The van der Waals surface area contributed by atoms with Crippen molar-refractivity contribution in [2.24, 2.45) is 0 Å². The van der Waals surface area contributed by atoms with Gasteiger partial charge in [0.25, 0.3) is 0 Å². The topological polar surface area (TPSA) is 38.9 Å². The minimum atomic E-state index is 0.900. The van der Waals surface area contributed by atoms with Gasteiger partial charge in [0, 0.05) is 9.51 Å². The van der Waals surface area contributed by atoms with Gasteiger partial charge in [-0.25, -0.2) is 4.63 Å². The molecule has 1 aromatic heterocycles. The van der Waals surface area contributed by atoms with Gasteiger partial charge in [-0.1, -0.05) is 32.9 Å². The van der Waals surface area contributed by atoms with Gasteiger partial charge in [0.2, 0.25) is 0 Å². The Morgan fingerprint density at radius 2 is 2.40 bits per heavy atom. The average molecular weight is 270 g/mol. The summed E-state index contributed by atoms with van der Waals surface area (Å²) in [5.74, 6) is 0.901. The summed E-state index contributed by atoms with van der Waals surface area (Å²) in [5.41, 5.74) is 1.86. The molecule has 0 saturated carbocycles. The van der Waals surface area contributed by atoms with Crippen molar-refractivity contribution < 1.29 is 4.63 Å². The SMILES string of the molecule is Cc1nonc1CSCI. The molecule has 0 unspecified atom stereocenters. The molecular formula is C5H7IN2OS. The first-order chi connectivity index (χ1) is 4.84. The van der Waals surface area contributed by atoms with Crippen molar-refractivity contribution in [3.05, 3.63) is 11.4 Å². The smallest absolute Gasteiger partial charge is 0.117 e. The van der Waals surface area contributed by atoms with Crippen molar-refractivity contribution in [1.82, 2.24) is 10.3 Å². The van der Waals surface area contributed by atoms with E-state index in [1.807, 2.05) is 6.92 Å². The van der Waals surface area contributed by atoms with Crippen molar-refractivity contribution >= 4 is 34.4 Å². The van der Waals surface area contributed by atoms with Gasteiger partial charge in [0.15, 0.2) is 0 Å². The molecule has 0 bridgehead atoms. The highest BCUT2D eigenvalue weighted by Gasteiger charge is 2.02. The third-order valence-electron chi connectivity index (χ3n) is 1.06. The number of thioether (sulfide) groups is 1. The first-order valence-corrected chi connectivity index (χ1v) is 5.44. The Morgan fingerprint density at radius 3 is 2.90 bits per heavy atom. The lowest BCUT2D eigenvalue weighted by molar-refractivity contribution is 0.302. The Balaban J connectivity index is 2.49. The second kappa shape index (κ2) is 4.17. The van der Waals surface area contributed by atoms with Gasteiger partial charge in [-0.3, -0.25) is 0 Å². The van der Waals surface area contributed by atoms with E-state index in [0.29, 0.717) is 0 Å². The van der Waals surface area contributed by atoms with E-state index in [-0.39, 0.29) is 0 Å². The van der Waals surface area contributed by atoms with Crippen LogP contribution in [-0.2, 0) is 5.75 Å². The molecule has 0 aliphatic heterocycles. The molecule has 1 heterocycles. The number of rotatable bonds is 3. The van der Waals surface area contributed by atoms with Gasteiger partial charge in [-0.05, 0) is 6.92 Å². The maximum absolute atomic E-state index is 4.53. The van der Waals surface area contributed by atoms with E-state index >= 15 is 0 Å². The zero-order valence-corrected chi connectivity index (χ0v) is 8.48. The lowest BCUT2D eigenvalue weighted by atomic mass is 10.4. The highest BCUT2D eigenvalue weighted by Crippen LogP contribution is 2.13. The standard InChI is InChI=1S/C5H7IN2OS/c1-4-5(2-10-3-6)8-9-7-4/h2-3H2,1H3. The molecule has 0 N–H and O–H groups in total. The van der Waals surface area contributed by atoms with Gasteiger partial charge in [-0.2, -0.15) is 0 Å². The monoisotopic (exact) mass is 270 g/mol. The predicted molar refractivity (Wildman–Crippen MR) is 49.2 cm³/mol. The summed E-state index contributed by atoms with van der Waals surface area (Å²) < 4.78 is 5.60. The van der Waals surface area contributed by atoms with Crippen LogP contribution in [0.15, 0.2) is 4.63 Å². The normalized spacial score (nSPS) is 10.2. The summed E-state index contributed by atoms with van der Waals surface area (Å²) in [7, 11) is 0. The molecule has 0 aliphatic carbocycles. The summed E-state index contributed by atoms with van der Waals surface area (Å²) >= 11 is 4.11. The van der Waals surface area contributed by atoms with Crippen molar-refractivity contribution in [3.8, 4) is 0 Å². The van der Waals surface area contributed by atoms with E-state index in [2.05, 4.69) is 37.5 Å². The molecular weight excluding hydrogens is 263 g/mol. The number of hydrogen-bond acceptors (Lipinski definition) is 4. The van der Waals surface area contributed by atoms with Crippen molar-refractivity contribution in [1.29, 1.82) is 0 Å².